The Morgan fingerprint density at radius 1 is 1.35 bits per heavy atom. The zero-order chi connectivity index (χ0) is 17.8. The molecule has 0 unspecified atom stereocenters. The van der Waals surface area contributed by atoms with Gasteiger partial charge in [-0.2, -0.15) is 18.3 Å². The summed E-state index contributed by atoms with van der Waals surface area (Å²) in [6.07, 6.45) is -1.86. The minimum absolute atomic E-state index is 0. The van der Waals surface area contributed by atoms with Crippen LogP contribution in [0, 0.1) is 0 Å². The molecule has 6 nitrogen and oxygen atoms in total. The molecule has 0 N–H and O–H groups in total. The minimum Gasteiger partial charge on any atom is -0.464 e. The fraction of sp³-hybridized carbons (Fsp3) is 0.250. The minimum atomic E-state index is -4.54. The van der Waals surface area contributed by atoms with Gasteiger partial charge >= 0.3 is 12.1 Å². The smallest absolute Gasteiger partial charge is 0.417 e. The van der Waals surface area contributed by atoms with Gasteiger partial charge in [0, 0.05) is 30.4 Å². The Morgan fingerprint density at radius 2 is 2.12 bits per heavy atom. The van der Waals surface area contributed by atoms with E-state index in [0.717, 1.165) is 0 Å². The molecule has 0 radical (unpaired) electrons. The normalized spacial score (nSPS) is 12.9. The highest BCUT2D eigenvalue weighted by Gasteiger charge is 2.39. The van der Waals surface area contributed by atoms with E-state index >= 15 is 0 Å². The van der Waals surface area contributed by atoms with Crippen molar-refractivity contribution in [2.75, 3.05) is 7.11 Å². The predicted octanol–water partition coefficient (Wildman–Crippen LogP) is 3.28. The van der Waals surface area contributed by atoms with Crippen LogP contribution in [0.2, 0.25) is 0 Å². The first-order chi connectivity index (χ1) is 11.9. The molecule has 4 heterocycles. The molecule has 0 aliphatic carbocycles. The van der Waals surface area contributed by atoms with Crippen molar-refractivity contribution in [3.63, 3.8) is 0 Å². The Balaban J connectivity index is 0.00000196. The van der Waals surface area contributed by atoms with Gasteiger partial charge < -0.3 is 4.74 Å². The average Bonchev–Trinajstić information content (AvgIpc) is 3.02. The number of nitrogens with zero attached hydrogens (tertiary/aromatic N) is 4. The number of carbonyl (C=O) groups is 1. The number of methoxy groups -OCH3 is 1. The molecule has 10 heteroatoms. The number of aromatic nitrogens is 4. The second-order valence-electron chi connectivity index (χ2n) is 5.58. The second kappa shape index (κ2) is 6.24. The van der Waals surface area contributed by atoms with Gasteiger partial charge in [0.1, 0.15) is 0 Å². The molecule has 0 atom stereocenters. The quantitative estimate of drug-likeness (QED) is 0.602. The molecule has 0 bridgehead atoms. The number of ether oxygens (including phenoxy) is 1. The third kappa shape index (κ3) is 2.68. The van der Waals surface area contributed by atoms with Crippen LogP contribution in [0.1, 0.15) is 21.6 Å². The summed E-state index contributed by atoms with van der Waals surface area (Å²) >= 11 is 0. The molecule has 0 aromatic carbocycles. The molecule has 0 spiro atoms. The van der Waals surface area contributed by atoms with E-state index in [2.05, 4.69) is 19.8 Å². The lowest BCUT2D eigenvalue weighted by atomic mass is 9.95. The lowest BCUT2D eigenvalue weighted by Crippen LogP contribution is -2.19. The molecule has 136 valence electrons. The van der Waals surface area contributed by atoms with Crippen molar-refractivity contribution in [3.05, 3.63) is 41.3 Å². The molecular weight excluding hydrogens is 373 g/mol. The number of pyridine rings is 2. The summed E-state index contributed by atoms with van der Waals surface area (Å²) in [4.78, 5) is 19.9. The number of rotatable bonds is 1. The lowest BCUT2D eigenvalue weighted by Gasteiger charge is -2.22. The van der Waals surface area contributed by atoms with Crippen LogP contribution >= 0.6 is 12.4 Å². The Labute approximate surface area is 151 Å². The van der Waals surface area contributed by atoms with Gasteiger partial charge in [-0.25, -0.2) is 9.78 Å². The Kier molecular flexibility index (Phi) is 4.35. The molecule has 3 aromatic rings. The average molecular weight is 385 g/mol. The number of fused-ring (bicyclic) bond motifs is 4. The number of alkyl halides is 3. The van der Waals surface area contributed by atoms with Crippen LogP contribution in [0.5, 0.6) is 0 Å². The zero-order valence-corrected chi connectivity index (χ0v) is 14.2. The van der Waals surface area contributed by atoms with Gasteiger partial charge in [0.15, 0.2) is 5.69 Å². The molecule has 4 rings (SSSR count). The maximum absolute atomic E-state index is 13.7. The van der Waals surface area contributed by atoms with E-state index in [0.29, 0.717) is 5.69 Å². The lowest BCUT2D eigenvalue weighted by molar-refractivity contribution is -0.137. The number of aryl methyl sites for hydroxylation is 1. The number of hydrogen-bond acceptors (Lipinski definition) is 5. The molecule has 0 fully saturated rings. The zero-order valence-electron chi connectivity index (χ0n) is 13.4. The molecule has 26 heavy (non-hydrogen) atoms. The number of esters is 1. The fourth-order valence-electron chi connectivity index (χ4n) is 3.13. The number of carbonyl (C=O) groups excluding carboxylic acids is 1. The van der Waals surface area contributed by atoms with Gasteiger partial charge in [-0.05, 0) is 18.1 Å². The predicted molar refractivity (Wildman–Crippen MR) is 88.1 cm³/mol. The van der Waals surface area contributed by atoms with Gasteiger partial charge in [0.05, 0.1) is 29.6 Å². The summed E-state index contributed by atoms with van der Waals surface area (Å²) in [5.74, 6) is -0.649. The molecule has 0 saturated carbocycles. The maximum Gasteiger partial charge on any atom is 0.417 e. The van der Waals surface area contributed by atoms with Gasteiger partial charge in [-0.1, -0.05) is 0 Å². The summed E-state index contributed by atoms with van der Waals surface area (Å²) in [5, 5.41) is 4.07. The van der Waals surface area contributed by atoms with Crippen molar-refractivity contribution >= 4 is 29.3 Å². The van der Waals surface area contributed by atoms with Crippen LogP contribution in [0.4, 0.5) is 13.2 Å². The maximum atomic E-state index is 13.7. The van der Waals surface area contributed by atoms with E-state index in [1.54, 1.807) is 0 Å². The van der Waals surface area contributed by atoms with Crippen LogP contribution < -0.4 is 0 Å². The van der Waals surface area contributed by atoms with E-state index in [1.807, 2.05) is 0 Å². The van der Waals surface area contributed by atoms with E-state index < -0.39 is 17.7 Å². The largest absolute Gasteiger partial charge is 0.464 e. The Morgan fingerprint density at radius 3 is 2.81 bits per heavy atom. The number of halogens is 4. The van der Waals surface area contributed by atoms with Crippen LogP contribution in [0.15, 0.2) is 24.5 Å². The summed E-state index contributed by atoms with van der Waals surface area (Å²) in [7, 11) is 1.22. The summed E-state index contributed by atoms with van der Waals surface area (Å²) in [5.41, 5.74) is 0.140. The van der Waals surface area contributed by atoms with E-state index in [4.69, 9.17) is 0 Å². The summed E-state index contributed by atoms with van der Waals surface area (Å²) < 4.78 is 47.3. The van der Waals surface area contributed by atoms with Gasteiger partial charge in [-0.3, -0.25) is 9.67 Å². The Bertz CT molecular complexity index is 1020. The number of hydrogen-bond donors (Lipinski definition) is 0. The van der Waals surface area contributed by atoms with E-state index in [-0.39, 0.29) is 53.2 Å². The van der Waals surface area contributed by atoms with Gasteiger partial charge in [0.2, 0.25) is 0 Å². The van der Waals surface area contributed by atoms with Crippen LogP contribution in [-0.2, 0) is 23.9 Å². The van der Waals surface area contributed by atoms with Gasteiger partial charge in [0.25, 0.3) is 0 Å². The molecule has 1 aliphatic heterocycles. The van der Waals surface area contributed by atoms with Crippen molar-refractivity contribution < 1.29 is 22.7 Å². The highest BCUT2D eigenvalue weighted by atomic mass is 35.5. The van der Waals surface area contributed by atoms with Crippen LogP contribution in [0.25, 0.3) is 22.3 Å². The van der Waals surface area contributed by atoms with Crippen LogP contribution in [-0.4, -0.2) is 32.8 Å². The van der Waals surface area contributed by atoms with Crippen LogP contribution in [0.3, 0.4) is 0 Å². The highest BCUT2D eigenvalue weighted by molar-refractivity contribution is 5.90. The van der Waals surface area contributed by atoms with Crippen molar-refractivity contribution in [1.82, 2.24) is 19.7 Å². The third-order valence-electron chi connectivity index (χ3n) is 4.16. The van der Waals surface area contributed by atoms with Crippen molar-refractivity contribution in [1.29, 1.82) is 0 Å². The molecule has 0 amide bonds. The second-order valence-corrected chi connectivity index (χ2v) is 5.58. The molecular formula is C16H12ClF3N4O2. The first-order valence-corrected chi connectivity index (χ1v) is 7.40. The first-order valence-electron chi connectivity index (χ1n) is 7.40. The van der Waals surface area contributed by atoms with Crippen molar-refractivity contribution in [3.8, 4) is 11.4 Å². The van der Waals surface area contributed by atoms with Crippen molar-refractivity contribution in [2.24, 2.45) is 0 Å². The third-order valence-corrected chi connectivity index (χ3v) is 4.16. The SMILES string of the molecule is COC(=O)c1cc2n(n1)CCc1c-2nc2ccncc2c1C(F)(F)F.Cl. The van der Waals surface area contributed by atoms with E-state index in [9.17, 15) is 18.0 Å². The van der Waals surface area contributed by atoms with Gasteiger partial charge in [-0.15, -0.1) is 12.4 Å². The topological polar surface area (TPSA) is 69.9 Å². The summed E-state index contributed by atoms with van der Waals surface area (Å²) in [6, 6.07) is 2.84. The first kappa shape index (κ1) is 18.1. The Hall–Kier alpha value is -2.68. The summed E-state index contributed by atoms with van der Waals surface area (Å²) in [6.45, 7) is 0.218. The standard InChI is InChI=1S/C16H11F3N4O2.ClH/c1-25-15(24)11-6-12-14-8(3-5-23(12)22-11)13(16(17,18)19)9-7-20-4-2-10(9)21-14;/h2,4,6-7H,3,5H2,1H3;1H. The highest BCUT2D eigenvalue weighted by Crippen LogP contribution is 2.42. The molecule has 0 saturated heterocycles. The monoisotopic (exact) mass is 384 g/mol. The van der Waals surface area contributed by atoms with Crippen molar-refractivity contribution in [2.45, 2.75) is 19.1 Å². The molecule has 1 aliphatic rings. The van der Waals surface area contributed by atoms with E-state index in [1.165, 1.54) is 36.3 Å². The molecule has 3 aromatic heterocycles. The fourth-order valence-corrected chi connectivity index (χ4v) is 3.13.